The molecule has 3 aromatic carbocycles. The number of aryl methyl sites for hydroxylation is 1. The van der Waals surface area contributed by atoms with Crippen molar-refractivity contribution < 1.29 is 23.9 Å². The Balaban J connectivity index is 1.66. The summed E-state index contributed by atoms with van der Waals surface area (Å²) in [6, 6.07) is 18.6. The highest BCUT2D eigenvalue weighted by atomic mass is 79.9. The Labute approximate surface area is 215 Å². The molecule has 1 N–H and O–H groups in total. The number of carbonyl (C=O) groups is 3. The van der Waals surface area contributed by atoms with Gasteiger partial charge in [-0.05, 0) is 48.4 Å². The van der Waals surface area contributed by atoms with Crippen molar-refractivity contribution in [2.75, 3.05) is 12.0 Å². The summed E-state index contributed by atoms with van der Waals surface area (Å²) in [6.45, 7) is 1.91. The average molecular weight is 546 g/mol. The van der Waals surface area contributed by atoms with Gasteiger partial charge in [-0.3, -0.25) is 14.9 Å². The number of nitrogens with zero attached hydrogens (tertiary/aromatic N) is 2. The standard InChI is InChI=1S/C27H20BrN3O5/c1-16-7-3-6-10-22(16)31-26(33)20(25(32)30-27(31)34)11-19-12-23(35-2)24(13-21(19)28)36-15-18-9-5-4-8-17(18)14-29/h3-13H,15H2,1-2H3,(H,30,32,34)/b20-11+. The average Bonchev–Trinajstić information content (AvgIpc) is 2.87. The molecule has 0 aromatic heterocycles. The number of barbiturate groups is 1. The highest BCUT2D eigenvalue weighted by Crippen LogP contribution is 2.36. The van der Waals surface area contributed by atoms with Gasteiger partial charge in [0.05, 0.1) is 24.4 Å². The van der Waals surface area contributed by atoms with Crippen LogP contribution >= 0.6 is 15.9 Å². The number of nitrogens with one attached hydrogen (secondary N) is 1. The molecule has 180 valence electrons. The maximum atomic E-state index is 13.2. The third-order valence-corrected chi connectivity index (χ3v) is 6.25. The van der Waals surface area contributed by atoms with Crippen molar-refractivity contribution in [1.82, 2.24) is 5.32 Å². The number of ether oxygens (including phenoxy) is 2. The molecule has 0 bridgehead atoms. The van der Waals surface area contributed by atoms with Crippen molar-refractivity contribution in [2.24, 2.45) is 0 Å². The number of imide groups is 2. The number of benzene rings is 3. The number of anilines is 1. The molecule has 0 unspecified atom stereocenters. The lowest BCUT2D eigenvalue weighted by Crippen LogP contribution is -2.54. The number of hydrogen-bond acceptors (Lipinski definition) is 6. The van der Waals surface area contributed by atoms with E-state index in [1.807, 2.05) is 6.07 Å². The lowest BCUT2D eigenvalue weighted by Gasteiger charge is -2.27. The van der Waals surface area contributed by atoms with E-state index in [-0.39, 0.29) is 12.2 Å². The summed E-state index contributed by atoms with van der Waals surface area (Å²) in [4.78, 5) is 39.3. The van der Waals surface area contributed by atoms with E-state index < -0.39 is 17.8 Å². The smallest absolute Gasteiger partial charge is 0.335 e. The number of para-hydroxylation sites is 1. The van der Waals surface area contributed by atoms with Crippen LogP contribution in [0.2, 0.25) is 0 Å². The Morgan fingerprint density at radius 1 is 1.06 bits per heavy atom. The van der Waals surface area contributed by atoms with Gasteiger partial charge in [-0.1, -0.05) is 52.3 Å². The van der Waals surface area contributed by atoms with Crippen molar-refractivity contribution in [3.8, 4) is 17.6 Å². The van der Waals surface area contributed by atoms with Crippen LogP contribution < -0.4 is 19.7 Å². The van der Waals surface area contributed by atoms with Crippen LogP contribution in [-0.2, 0) is 16.2 Å². The zero-order valence-corrected chi connectivity index (χ0v) is 21.0. The summed E-state index contributed by atoms with van der Waals surface area (Å²) < 4.78 is 11.9. The first-order valence-corrected chi connectivity index (χ1v) is 11.6. The Morgan fingerprint density at radius 2 is 1.78 bits per heavy atom. The first-order chi connectivity index (χ1) is 17.3. The highest BCUT2D eigenvalue weighted by Gasteiger charge is 2.37. The Kier molecular flexibility index (Phi) is 7.17. The van der Waals surface area contributed by atoms with Gasteiger partial charge in [0, 0.05) is 10.0 Å². The quantitative estimate of drug-likeness (QED) is 0.349. The molecule has 9 heteroatoms. The molecule has 36 heavy (non-hydrogen) atoms. The Hall–Kier alpha value is -4.42. The van der Waals surface area contributed by atoms with E-state index in [0.717, 1.165) is 10.5 Å². The van der Waals surface area contributed by atoms with Crippen LogP contribution in [0, 0.1) is 18.3 Å². The van der Waals surface area contributed by atoms with Gasteiger partial charge in [-0.2, -0.15) is 5.26 Å². The molecular formula is C27H20BrN3O5. The van der Waals surface area contributed by atoms with E-state index >= 15 is 0 Å². The number of methoxy groups -OCH3 is 1. The van der Waals surface area contributed by atoms with Gasteiger partial charge in [0.2, 0.25) is 0 Å². The second kappa shape index (κ2) is 10.5. The molecule has 8 nitrogen and oxygen atoms in total. The summed E-state index contributed by atoms with van der Waals surface area (Å²) in [6.07, 6.45) is 1.39. The maximum absolute atomic E-state index is 13.2. The van der Waals surface area contributed by atoms with Crippen LogP contribution in [0.3, 0.4) is 0 Å². The molecule has 1 fully saturated rings. The zero-order chi connectivity index (χ0) is 25.8. The molecule has 0 saturated carbocycles. The first-order valence-electron chi connectivity index (χ1n) is 10.8. The monoisotopic (exact) mass is 545 g/mol. The lowest BCUT2D eigenvalue weighted by molar-refractivity contribution is -0.122. The molecule has 1 aliphatic rings. The minimum atomic E-state index is -0.811. The SMILES string of the molecule is COc1cc(/C=C2\C(=O)NC(=O)N(c3ccccc3C)C2=O)c(Br)cc1OCc1ccccc1C#N. The van der Waals surface area contributed by atoms with Crippen molar-refractivity contribution in [3.63, 3.8) is 0 Å². The lowest BCUT2D eigenvalue weighted by atomic mass is 10.1. The van der Waals surface area contributed by atoms with Gasteiger partial charge in [0.1, 0.15) is 12.2 Å². The normalized spacial score (nSPS) is 14.4. The molecule has 0 spiro atoms. The second-order valence-electron chi connectivity index (χ2n) is 7.83. The van der Waals surface area contributed by atoms with Crippen LogP contribution in [0.5, 0.6) is 11.5 Å². The summed E-state index contributed by atoms with van der Waals surface area (Å²) in [5.41, 5.74) is 2.57. The third-order valence-electron chi connectivity index (χ3n) is 5.56. The van der Waals surface area contributed by atoms with E-state index in [4.69, 9.17) is 9.47 Å². The molecule has 3 aromatic rings. The second-order valence-corrected chi connectivity index (χ2v) is 8.68. The molecule has 0 atom stereocenters. The summed E-state index contributed by atoms with van der Waals surface area (Å²) in [5.74, 6) is -0.781. The number of nitriles is 1. The number of urea groups is 1. The Morgan fingerprint density at radius 3 is 2.50 bits per heavy atom. The molecule has 4 rings (SSSR count). The summed E-state index contributed by atoms with van der Waals surface area (Å²) in [5, 5.41) is 11.5. The van der Waals surface area contributed by atoms with Crippen LogP contribution in [-0.4, -0.2) is 25.0 Å². The van der Waals surface area contributed by atoms with Crippen LogP contribution in [0.1, 0.15) is 22.3 Å². The van der Waals surface area contributed by atoms with E-state index in [2.05, 4.69) is 27.3 Å². The fraction of sp³-hybridized carbons (Fsp3) is 0.111. The van der Waals surface area contributed by atoms with Gasteiger partial charge < -0.3 is 9.47 Å². The fourth-order valence-electron chi connectivity index (χ4n) is 3.69. The van der Waals surface area contributed by atoms with Crippen molar-refractivity contribution >= 4 is 45.5 Å². The summed E-state index contributed by atoms with van der Waals surface area (Å²) >= 11 is 3.46. The zero-order valence-electron chi connectivity index (χ0n) is 19.4. The molecule has 0 radical (unpaired) electrons. The van der Waals surface area contributed by atoms with Gasteiger partial charge >= 0.3 is 6.03 Å². The van der Waals surface area contributed by atoms with E-state index in [1.54, 1.807) is 61.5 Å². The topological polar surface area (TPSA) is 109 Å². The van der Waals surface area contributed by atoms with Gasteiger partial charge in [0.25, 0.3) is 11.8 Å². The van der Waals surface area contributed by atoms with Crippen molar-refractivity contribution in [3.05, 3.63) is 93.0 Å². The number of hydrogen-bond donors (Lipinski definition) is 1. The molecule has 1 heterocycles. The largest absolute Gasteiger partial charge is 0.493 e. The molecule has 1 aliphatic heterocycles. The van der Waals surface area contributed by atoms with Gasteiger partial charge in [-0.15, -0.1) is 0 Å². The van der Waals surface area contributed by atoms with Crippen LogP contribution in [0.25, 0.3) is 6.08 Å². The van der Waals surface area contributed by atoms with E-state index in [0.29, 0.717) is 38.3 Å². The third kappa shape index (κ3) is 4.85. The molecule has 4 amide bonds. The number of rotatable bonds is 6. The predicted octanol–water partition coefficient (Wildman–Crippen LogP) is 4.88. The van der Waals surface area contributed by atoms with Gasteiger partial charge in [-0.25, -0.2) is 9.69 Å². The van der Waals surface area contributed by atoms with Gasteiger partial charge in [0.15, 0.2) is 11.5 Å². The van der Waals surface area contributed by atoms with Crippen LogP contribution in [0.4, 0.5) is 10.5 Å². The predicted molar refractivity (Wildman–Crippen MR) is 136 cm³/mol. The number of halogens is 1. The minimum Gasteiger partial charge on any atom is -0.493 e. The number of amides is 4. The van der Waals surface area contributed by atoms with Crippen molar-refractivity contribution in [2.45, 2.75) is 13.5 Å². The fourth-order valence-corrected chi connectivity index (χ4v) is 4.13. The highest BCUT2D eigenvalue weighted by molar-refractivity contribution is 9.10. The van der Waals surface area contributed by atoms with E-state index in [9.17, 15) is 19.6 Å². The van der Waals surface area contributed by atoms with Crippen LogP contribution in [0.15, 0.2) is 70.7 Å². The minimum absolute atomic E-state index is 0.140. The number of carbonyl (C=O) groups excluding carboxylic acids is 3. The first kappa shape index (κ1) is 24.7. The van der Waals surface area contributed by atoms with Crippen molar-refractivity contribution in [1.29, 1.82) is 5.26 Å². The molecule has 0 aliphatic carbocycles. The molecular weight excluding hydrogens is 526 g/mol. The maximum Gasteiger partial charge on any atom is 0.335 e. The molecule has 1 saturated heterocycles. The Bertz CT molecular complexity index is 1460. The van der Waals surface area contributed by atoms with E-state index in [1.165, 1.54) is 13.2 Å². The summed E-state index contributed by atoms with van der Waals surface area (Å²) in [7, 11) is 1.47.